The van der Waals surface area contributed by atoms with Crippen LogP contribution in [0.15, 0.2) is 36.5 Å². The van der Waals surface area contributed by atoms with E-state index in [0.717, 1.165) is 0 Å². The normalized spacial score (nSPS) is 10.1. The zero-order valence-electron chi connectivity index (χ0n) is 9.04. The largest absolute Gasteiger partial charge is 0.432 e. The Bertz CT molecular complexity index is 604. The zero-order chi connectivity index (χ0) is 13.1. The van der Waals surface area contributed by atoms with Gasteiger partial charge in [-0.3, -0.25) is 10.1 Å². The molecule has 6 nitrogen and oxygen atoms in total. The Hall–Kier alpha value is -2.34. The number of nitrogens with two attached hydrogens (primary N) is 1. The second-order valence-corrected chi connectivity index (χ2v) is 3.84. The fourth-order valence-electron chi connectivity index (χ4n) is 1.31. The topological polar surface area (TPSA) is 91.3 Å². The molecule has 0 amide bonds. The number of ether oxygens (including phenoxy) is 1. The van der Waals surface area contributed by atoms with Crippen molar-refractivity contribution in [2.24, 2.45) is 0 Å². The lowest BCUT2D eigenvalue weighted by molar-refractivity contribution is -0.385. The predicted octanol–water partition coefficient (Wildman–Crippen LogP) is 3.02. The summed E-state index contributed by atoms with van der Waals surface area (Å²) >= 11 is 5.77. The fourth-order valence-corrected chi connectivity index (χ4v) is 1.48. The third-order valence-electron chi connectivity index (χ3n) is 2.09. The molecule has 0 fully saturated rings. The van der Waals surface area contributed by atoms with Gasteiger partial charge in [0.25, 0.3) is 0 Å². The molecule has 1 heterocycles. The Balaban J connectivity index is 2.39. The van der Waals surface area contributed by atoms with E-state index in [1.54, 1.807) is 6.07 Å². The average Bonchev–Trinajstić information content (AvgIpc) is 2.28. The molecule has 7 heteroatoms. The van der Waals surface area contributed by atoms with Crippen LogP contribution in [0.3, 0.4) is 0 Å². The lowest BCUT2D eigenvalue weighted by atomic mass is 10.3. The van der Waals surface area contributed by atoms with Gasteiger partial charge in [0.05, 0.1) is 4.92 Å². The van der Waals surface area contributed by atoms with Crippen LogP contribution in [0, 0.1) is 10.1 Å². The van der Waals surface area contributed by atoms with Gasteiger partial charge < -0.3 is 10.5 Å². The second kappa shape index (κ2) is 4.89. The second-order valence-electron chi connectivity index (χ2n) is 3.40. The highest BCUT2D eigenvalue weighted by Crippen LogP contribution is 2.33. The predicted molar refractivity (Wildman–Crippen MR) is 66.8 cm³/mol. The van der Waals surface area contributed by atoms with Crippen LogP contribution < -0.4 is 10.5 Å². The molecule has 0 unspecified atom stereocenters. The number of rotatable bonds is 3. The minimum Gasteiger partial charge on any atom is -0.432 e. The first-order valence-electron chi connectivity index (χ1n) is 4.89. The van der Waals surface area contributed by atoms with Crippen molar-refractivity contribution >= 4 is 23.0 Å². The summed E-state index contributed by atoms with van der Waals surface area (Å²) in [6, 6.07) is 7.08. The molecular formula is C11H8ClN3O3. The third kappa shape index (κ3) is 2.67. The summed E-state index contributed by atoms with van der Waals surface area (Å²) in [4.78, 5) is 14.2. The number of aromatic nitrogens is 1. The van der Waals surface area contributed by atoms with E-state index in [9.17, 15) is 10.1 Å². The maximum Gasteiger partial charge on any atom is 0.311 e. The number of hydrogen-bond acceptors (Lipinski definition) is 5. The summed E-state index contributed by atoms with van der Waals surface area (Å²) < 4.78 is 5.32. The van der Waals surface area contributed by atoms with E-state index < -0.39 is 4.92 Å². The van der Waals surface area contributed by atoms with Crippen LogP contribution in [0.4, 0.5) is 11.4 Å². The van der Waals surface area contributed by atoms with Crippen molar-refractivity contribution in [1.82, 2.24) is 4.98 Å². The highest BCUT2D eigenvalue weighted by molar-refractivity contribution is 6.30. The molecule has 0 atom stereocenters. The van der Waals surface area contributed by atoms with E-state index in [0.29, 0.717) is 10.7 Å². The number of anilines is 1. The third-order valence-corrected chi connectivity index (χ3v) is 2.33. The lowest BCUT2D eigenvalue weighted by Gasteiger charge is -2.06. The number of nitrogens with zero attached hydrogens (tertiary/aromatic N) is 2. The maximum atomic E-state index is 10.8. The highest BCUT2D eigenvalue weighted by Gasteiger charge is 2.16. The first-order chi connectivity index (χ1) is 8.56. The van der Waals surface area contributed by atoms with Crippen molar-refractivity contribution < 1.29 is 9.66 Å². The quantitative estimate of drug-likeness (QED) is 0.680. The minimum atomic E-state index is -0.558. The number of nitrogen functional groups attached to an aromatic ring is 1. The van der Waals surface area contributed by atoms with Gasteiger partial charge in [0.1, 0.15) is 0 Å². The van der Waals surface area contributed by atoms with Gasteiger partial charge in [-0.15, -0.1) is 0 Å². The molecule has 1 aromatic carbocycles. The Labute approximate surface area is 107 Å². The molecule has 2 rings (SSSR count). The molecule has 0 aliphatic carbocycles. The molecule has 0 aliphatic rings. The first kappa shape index (κ1) is 12.1. The number of pyridine rings is 1. The van der Waals surface area contributed by atoms with Crippen LogP contribution in [-0.2, 0) is 0 Å². The van der Waals surface area contributed by atoms with Crippen molar-refractivity contribution in [3.05, 3.63) is 51.7 Å². The number of halogens is 1. The molecule has 0 saturated heterocycles. The Morgan fingerprint density at radius 3 is 2.78 bits per heavy atom. The van der Waals surface area contributed by atoms with E-state index in [-0.39, 0.29) is 17.3 Å². The van der Waals surface area contributed by atoms with E-state index in [1.807, 2.05) is 0 Å². The van der Waals surface area contributed by atoms with Crippen molar-refractivity contribution in [2.45, 2.75) is 0 Å². The molecular weight excluding hydrogens is 258 g/mol. The Morgan fingerprint density at radius 1 is 1.33 bits per heavy atom. The molecule has 0 saturated carbocycles. The van der Waals surface area contributed by atoms with E-state index in [4.69, 9.17) is 22.1 Å². The molecule has 2 aromatic rings. The molecule has 2 N–H and O–H groups in total. The van der Waals surface area contributed by atoms with Gasteiger partial charge in [-0.05, 0) is 12.1 Å². The Kier molecular flexibility index (Phi) is 3.29. The molecule has 0 radical (unpaired) electrons. The van der Waals surface area contributed by atoms with Crippen LogP contribution in [0.2, 0.25) is 5.02 Å². The SMILES string of the molecule is Nc1ccnc(Oc2cc(Cl)ccc2[N+](=O)[O-])c1. The van der Waals surface area contributed by atoms with Crippen LogP contribution in [0.25, 0.3) is 0 Å². The van der Waals surface area contributed by atoms with Gasteiger partial charge in [-0.25, -0.2) is 4.98 Å². The van der Waals surface area contributed by atoms with E-state index in [2.05, 4.69) is 4.98 Å². The number of nitro benzene ring substituents is 1. The molecule has 1 aromatic heterocycles. The van der Waals surface area contributed by atoms with Crippen molar-refractivity contribution in [3.8, 4) is 11.6 Å². The smallest absolute Gasteiger partial charge is 0.311 e. The molecule has 0 bridgehead atoms. The maximum absolute atomic E-state index is 10.8. The molecule has 0 aliphatic heterocycles. The number of benzene rings is 1. The molecule has 18 heavy (non-hydrogen) atoms. The van der Waals surface area contributed by atoms with Crippen LogP contribution >= 0.6 is 11.6 Å². The van der Waals surface area contributed by atoms with Gasteiger partial charge in [0.15, 0.2) is 0 Å². The summed E-state index contributed by atoms with van der Waals surface area (Å²) in [6.45, 7) is 0. The van der Waals surface area contributed by atoms with Crippen molar-refractivity contribution in [1.29, 1.82) is 0 Å². The summed E-state index contributed by atoms with van der Waals surface area (Å²) in [5.74, 6) is 0.186. The highest BCUT2D eigenvalue weighted by atomic mass is 35.5. The van der Waals surface area contributed by atoms with Gasteiger partial charge in [0, 0.05) is 35.1 Å². The average molecular weight is 266 g/mol. The Morgan fingerprint density at radius 2 is 2.11 bits per heavy atom. The van der Waals surface area contributed by atoms with Crippen molar-refractivity contribution in [2.75, 3.05) is 5.73 Å². The summed E-state index contributed by atoms with van der Waals surface area (Å²) in [6.07, 6.45) is 1.45. The number of nitro groups is 1. The van der Waals surface area contributed by atoms with Crippen LogP contribution in [-0.4, -0.2) is 9.91 Å². The van der Waals surface area contributed by atoms with Gasteiger partial charge in [-0.2, -0.15) is 0 Å². The van der Waals surface area contributed by atoms with Crippen molar-refractivity contribution in [3.63, 3.8) is 0 Å². The number of hydrogen-bond donors (Lipinski definition) is 1. The van der Waals surface area contributed by atoms with Gasteiger partial charge in [-0.1, -0.05) is 11.6 Å². The standard InChI is InChI=1S/C11H8ClN3O3/c12-7-1-2-9(15(16)17)10(5-7)18-11-6-8(13)3-4-14-11/h1-6H,(H2,13,14). The minimum absolute atomic E-state index is 0.0191. The van der Waals surface area contributed by atoms with E-state index >= 15 is 0 Å². The summed E-state index contributed by atoms with van der Waals surface area (Å²) in [7, 11) is 0. The molecule has 0 spiro atoms. The zero-order valence-corrected chi connectivity index (χ0v) is 9.79. The fraction of sp³-hybridized carbons (Fsp3) is 0. The van der Waals surface area contributed by atoms with Crippen LogP contribution in [0.1, 0.15) is 0 Å². The summed E-state index contributed by atoms with van der Waals surface area (Å²) in [5.41, 5.74) is 5.82. The van der Waals surface area contributed by atoms with Crippen LogP contribution in [0.5, 0.6) is 11.6 Å². The van der Waals surface area contributed by atoms with E-state index in [1.165, 1.54) is 30.5 Å². The first-order valence-corrected chi connectivity index (χ1v) is 5.27. The summed E-state index contributed by atoms with van der Waals surface area (Å²) in [5, 5.41) is 11.2. The molecule has 92 valence electrons. The lowest BCUT2D eigenvalue weighted by Crippen LogP contribution is -1.95. The van der Waals surface area contributed by atoms with Gasteiger partial charge >= 0.3 is 5.69 Å². The monoisotopic (exact) mass is 265 g/mol. The van der Waals surface area contributed by atoms with Gasteiger partial charge in [0.2, 0.25) is 11.6 Å².